The number of ether oxygens (including phenoxy) is 1. The van der Waals surface area contributed by atoms with Crippen LogP contribution in [0.4, 0.5) is 0 Å². The fourth-order valence-corrected chi connectivity index (χ4v) is 6.98. The summed E-state index contributed by atoms with van der Waals surface area (Å²) in [6.07, 6.45) is 2.93. The van der Waals surface area contributed by atoms with Crippen molar-refractivity contribution in [3.63, 3.8) is 0 Å². The number of carbonyl (C=O) groups is 2. The molecule has 2 saturated heterocycles. The van der Waals surface area contributed by atoms with Gasteiger partial charge in [0.05, 0.1) is 12.2 Å². The molecule has 5 nitrogen and oxygen atoms in total. The van der Waals surface area contributed by atoms with Crippen molar-refractivity contribution in [2.45, 2.75) is 51.6 Å². The Hall–Kier alpha value is -1.88. The van der Waals surface area contributed by atoms with E-state index in [1.54, 1.807) is 0 Å². The van der Waals surface area contributed by atoms with Crippen molar-refractivity contribution in [3.8, 4) is 0 Å². The standard InChI is InChI=1S/C21H23NO4/c1-9-12-7-14-21(2)10(8-22(9)14)3-4-13(23)15-11-5-6-26-20(25)16(11)17(18(15)21)19(12)24/h9-10,12,14,24H,3-8H2,1-2H3/t9-,10-,12-,14-,21-/m1/s1. The topological polar surface area (TPSA) is 66.8 Å². The number of aliphatic hydroxyl groups is 1. The Labute approximate surface area is 152 Å². The van der Waals surface area contributed by atoms with Crippen LogP contribution in [-0.4, -0.2) is 47.0 Å². The van der Waals surface area contributed by atoms with Gasteiger partial charge in [-0.2, -0.15) is 0 Å². The van der Waals surface area contributed by atoms with Gasteiger partial charge in [0.15, 0.2) is 5.78 Å². The monoisotopic (exact) mass is 353 g/mol. The van der Waals surface area contributed by atoms with Crippen molar-refractivity contribution in [1.82, 2.24) is 4.90 Å². The largest absolute Gasteiger partial charge is 0.511 e. The molecule has 3 heterocycles. The predicted molar refractivity (Wildman–Crippen MR) is 93.2 cm³/mol. The molecule has 0 spiro atoms. The van der Waals surface area contributed by atoms with Crippen LogP contribution in [0.15, 0.2) is 33.6 Å². The van der Waals surface area contributed by atoms with Crippen LogP contribution in [0.2, 0.25) is 0 Å². The van der Waals surface area contributed by atoms with Crippen molar-refractivity contribution >= 4 is 11.8 Å². The van der Waals surface area contributed by atoms with Crippen LogP contribution in [0, 0.1) is 17.3 Å². The summed E-state index contributed by atoms with van der Waals surface area (Å²) < 4.78 is 5.33. The number of aliphatic hydroxyl groups excluding tert-OH is 1. The average Bonchev–Trinajstić information content (AvgIpc) is 3.18. The summed E-state index contributed by atoms with van der Waals surface area (Å²) in [6, 6.07) is 0.599. The number of hydrogen-bond acceptors (Lipinski definition) is 5. The van der Waals surface area contributed by atoms with E-state index in [0.717, 1.165) is 36.1 Å². The number of Topliss-reactive ketones (excluding diaryl/α,β-unsaturated/α-hetero) is 1. The maximum absolute atomic E-state index is 13.1. The van der Waals surface area contributed by atoms with Crippen molar-refractivity contribution in [1.29, 1.82) is 0 Å². The number of hydrogen-bond donors (Lipinski definition) is 1. The first kappa shape index (κ1) is 15.2. The Morgan fingerprint density at radius 3 is 2.81 bits per heavy atom. The molecule has 26 heavy (non-hydrogen) atoms. The third-order valence-electron chi connectivity index (χ3n) is 8.24. The minimum absolute atomic E-state index is 0.0325. The molecule has 0 aromatic heterocycles. The van der Waals surface area contributed by atoms with E-state index in [0.29, 0.717) is 48.3 Å². The molecule has 5 atom stereocenters. The van der Waals surface area contributed by atoms with Crippen LogP contribution >= 0.6 is 0 Å². The van der Waals surface area contributed by atoms with Crippen molar-refractivity contribution < 1.29 is 19.4 Å². The van der Waals surface area contributed by atoms with E-state index >= 15 is 0 Å². The van der Waals surface area contributed by atoms with E-state index in [1.807, 2.05) is 0 Å². The van der Waals surface area contributed by atoms with Crippen molar-refractivity contribution in [3.05, 3.63) is 33.6 Å². The zero-order chi connectivity index (χ0) is 18.0. The minimum Gasteiger partial charge on any atom is -0.511 e. The lowest BCUT2D eigenvalue weighted by Crippen LogP contribution is -2.39. The van der Waals surface area contributed by atoms with Crippen LogP contribution in [0.1, 0.15) is 39.5 Å². The SMILES string of the molecule is C[C@@H]1[C@H]2C[C@H]3N1C[C@H]1CCC(=O)C4=C(C(=C2O)C2=C4CCOC2=O)[C@]13C. The Balaban J connectivity index is 1.74. The summed E-state index contributed by atoms with van der Waals surface area (Å²) in [5, 5.41) is 11.3. The van der Waals surface area contributed by atoms with Crippen molar-refractivity contribution in [2.75, 3.05) is 13.2 Å². The van der Waals surface area contributed by atoms with Gasteiger partial charge in [0.25, 0.3) is 0 Å². The highest BCUT2D eigenvalue weighted by molar-refractivity contribution is 6.11. The van der Waals surface area contributed by atoms with Gasteiger partial charge in [0, 0.05) is 53.9 Å². The summed E-state index contributed by atoms with van der Waals surface area (Å²) in [5.74, 6) is 0.531. The molecular formula is C21H23NO4. The summed E-state index contributed by atoms with van der Waals surface area (Å²) in [5.41, 5.74) is 3.56. The first-order valence-electron chi connectivity index (χ1n) is 9.82. The lowest BCUT2D eigenvalue weighted by atomic mass is 9.66. The number of rotatable bonds is 0. The molecule has 136 valence electrons. The van der Waals surface area contributed by atoms with Gasteiger partial charge in [-0.1, -0.05) is 6.92 Å². The number of cyclic esters (lactones) is 1. The first-order valence-corrected chi connectivity index (χ1v) is 9.82. The lowest BCUT2D eigenvalue weighted by molar-refractivity contribution is -0.139. The van der Waals surface area contributed by atoms with Gasteiger partial charge in [0.1, 0.15) is 5.76 Å². The molecule has 3 aliphatic heterocycles. The minimum atomic E-state index is -0.367. The summed E-state index contributed by atoms with van der Waals surface area (Å²) in [4.78, 5) is 28.4. The zero-order valence-corrected chi connectivity index (χ0v) is 15.2. The Bertz CT molecular complexity index is 894. The molecule has 2 bridgehead atoms. The fraction of sp³-hybridized carbons (Fsp3) is 0.619. The summed E-state index contributed by atoms with van der Waals surface area (Å²) in [6.45, 7) is 5.79. The van der Waals surface area contributed by atoms with E-state index in [-0.39, 0.29) is 29.1 Å². The fourth-order valence-electron chi connectivity index (χ4n) is 6.98. The van der Waals surface area contributed by atoms with E-state index in [4.69, 9.17) is 4.74 Å². The number of carbonyl (C=O) groups excluding carboxylic acids is 2. The number of ketones is 1. The number of fused-ring (bicyclic) bond motifs is 3. The number of nitrogens with zero attached hydrogens (tertiary/aromatic N) is 1. The van der Waals surface area contributed by atoms with E-state index < -0.39 is 0 Å². The summed E-state index contributed by atoms with van der Waals surface area (Å²) >= 11 is 0. The molecule has 0 radical (unpaired) electrons. The molecule has 0 aromatic carbocycles. The number of esters is 1. The van der Waals surface area contributed by atoms with E-state index in [2.05, 4.69) is 18.7 Å². The Morgan fingerprint density at radius 1 is 1.19 bits per heavy atom. The summed E-state index contributed by atoms with van der Waals surface area (Å²) in [7, 11) is 0. The molecule has 2 fully saturated rings. The molecule has 0 amide bonds. The van der Waals surface area contributed by atoms with Crippen LogP contribution in [0.25, 0.3) is 0 Å². The third-order valence-corrected chi connectivity index (χ3v) is 8.24. The highest BCUT2D eigenvalue weighted by Crippen LogP contribution is 2.65. The van der Waals surface area contributed by atoms with E-state index in [1.165, 1.54) is 0 Å². The Morgan fingerprint density at radius 2 is 2.00 bits per heavy atom. The van der Waals surface area contributed by atoms with Crippen LogP contribution < -0.4 is 0 Å². The molecular weight excluding hydrogens is 330 g/mol. The maximum atomic E-state index is 13.1. The van der Waals surface area contributed by atoms with Gasteiger partial charge in [-0.15, -0.1) is 0 Å². The van der Waals surface area contributed by atoms with Gasteiger partial charge in [-0.3, -0.25) is 9.69 Å². The van der Waals surface area contributed by atoms with Gasteiger partial charge in [-0.25, -0.2) is 4.79 Å². The van der Waals surface area contributed by atoms with Crippen LogP contribution in [0.5, 0.6) is 0 Å². The second-order valence-corrected chi connectivity index (χ2v) is 8.99. The van der Waals surface area contributed by atoms with Gasteiger partial charge in [0.2, 0.25) is 0 Å². The third kappa shape index (κ3) is 1.43. The quantitative estimate of drug-likeness (QED) is 0.678. The average molecular weight is 353 g/mol. The molecule has 1 N–H and O–H groups in total. The molecule has 0 unspecified atom stereocenters. The highest BCUT2D eigenvalue weighted by atomic mass is 16.5. The Kier molecular flexibility index (Phi) is 2.63. The number of allylic oxidation sites excluding steroid dienone is 1. The molecule has 0 saturated carbocycles. The smallest absolute Gasteiger partial charge is 0.339 e. The predicted octanol–water partition coefficient (Wildman–Crippen LogP) is 2.44. The molecule has 6 aliphatic rings. The second kappa shape index (κ2) is 4.50. The van der Waals surface area contributed by atoms with Gasteiger partial charge >= 0.3 is 5.97 Å². The zero-order valence-electron chi connectivity index (χ0n) is 15.2. The molecule has 6 rings (SSSR count). The maximum Gasteiger partial charge on any atom is 0.339 e. The van der Waals surface area contributed by atoms with Crippen molar-refractivity contribution in [2.24, 2.45) is 17.3 Å². The van der Waals surface area contributed by atoms with E-state index in [9.17, 15) is 14.7 Å². The molecule has 0 aromatic rings. The molecule has 5 heteroatoms. The highest BCUT2D eigenvalue weighted by Gasteiger charge is 2.65. The van der Waals surface area contributed by atoms with Gasteiger partial charge in [-0.05, 0) is 36.8 Å². The second-order valence-electron chi connectivity index (χ2n) is 8.99. The van der Waals surface area contributed by atoms with Crippen LogP contribution in [0.3, 0.4) is 0 Å². The van der Waals surface area contributed by atoms with Crippen LogP contribution in [-0.2, 0) is 14.3 Å². The van der Waals surface area contributed by atoms with Gasteiger partial charge < -0.3 is 9.84 Å². The molecule has 3 aliphatic carbocycles. The normalized spacial score (nSPS) is 43.8. The lowest BCUT2D eigenvalue weighted by Gasteiger charge is -2.38. The first-order chi connectivity index (χ1) is 12.4.